The molecular formula is C20H28O3P+. The highest BCUT2D eigenvalue weighted by Gasteiger charge is 2.49. The van der Waals surface area contributed by atoms with Gasteiger partial charge in [0.25, 0.3) is 0 Å². The van der Waals surface area contributed by atoms with Gasteiger partial charge in [-0.15, -0.1) is 0 Å². The minimum Gasteiger partial charge on any atom is -0.281 e. The second-order valence-corrected chi connectivity index (χ2v) is 7.82. The molecule has 2 aromatic carbocycles. The summed E-state index contributed by atoms with van der Waals surface area (Å²) in [5.74, 6) is 0.780. The molecule has 0 amide bonds. The van der Waals surface area contributed by atoms with E-state index in [2.05, 4.69) is 13.8 Å². The lowest BCUT2D eigenvalue weighted by molar-refractivity contribution is 0.187. The quantitative estimate of drug-likeness (QED) is 0.380. The van der Waals surface area contributed by atoms with Crippen molar-refractivity contribution in [2.45, 2.75) is 39.5 Å². The fraction of sp³-hybridized carbons (Fsp3) is 0.400. The number of benzene rings is 2. The van der Waals surface area contributed by atoms with E-state index in [0.29, 0.717) is 13.2 Å². The molecule has 0 unspecified atom stereocenters. The zero-order valence-corrected chi connectivity index (χ0v) is 15.6. The third-order valence-electron chi connectivity index (χ3n) is 3.56. The molecule has 4 heteroatoms. The van der Waals surface area contributed by atoms with Gasteiger partial charge in [0, 0.05) is 0 Å². The second-order valence-electron chi connectivity index (χ2n) is 5.61. The van der Waals surface area contributed by atoms with Crippen LogP contribution in [0.4, 0.5) is 0 Å². The fourth-order valence-corrected chi connectivity index (χ4v) is 4.44. The van der Waals surface area contributed by atoms with Gasteiger partial charge in [-0.05, 0) is 37.1 Å². The Morgan fingerprint density at radius 1 is 0.708 bits per heavy atom. The maximum absolute atomic E-state index is 6.35. The maximum Gasteiger partial charge on any atom is 0.492 e. The normalized spacial score (nSPS) is 11.4. The standard InChI is InChI=1S/C20H28O3P/c1-3-5-17-21-24(22-18-6-4-2,20-15-11-8-12-16-20)23-19-13-9-7-10-14-19/h7-16H,3-6,17-18H2,1-2H3/q+1. The molecule has 0 heterocycles. The third-order valence-corrected chi connectivity index (χ3v) is 5.99. The lowest BCUT2D eigenvalue weighted by atomic mass is 10.3. The van der Waals surface area contributed by atoms with Crippen LogP contribution in [-0.2, 0) is 9.05 Å². The Kier molecular flexibility index (Phi) is 8.24. The SMILES string of the molecule is CCCCO[P+](OCCCC)(Oc1ccccc1)c1ccccc1. The summed E-state index contributed by atoms with van der Waals surface area (Å²) in [4.78, 5) is 0. The smallest absolute Gasteiger partial charge is 0.281 e. The molecule has 0 radical (unpaired) electrons. The van der Waals surface area contributed by atoms with E-state index in [9.17, 15) is 0 Å². The number of hydrogen-bond acceptors (Lipinski definition) is 3. The molecule has 2 rings (SSSR count). The van der Waals surface area contributed by atoms with E-state index in [0.717, 1.165) is 36.7 Å². The Morgan fingerprint density at radius 2 is 1.21 bits per heavy atom. The highest BCUT2D eigenvalue weighted by atomic mass is 31.2. The molecule has 2 aromatic rings. The first-order valence-electron chi connectivity index (χ1n) is 8.79. The van der Waals surface area contributed by atoms with Gasteiger partial charge >= 0.3 is 7.94 Å². The summed E-state index contributed by atoms with van der Waals surface area (Å²) in [7, 11) is -2.63. The van der Waals surface area contributed by atoms with Crippen molar-refractivity contribution in [1.29, 1.82) is 0 Å². The summed E-state index contributed by atoms with van der Waals surface area (Å²) in [6.07, 6.45) is 4.14. The Balaban J connectivity index is 2.29. The van der Waals surface area contributed by atoms with E-state index in [4.69, 9.17) is 13.6 Å². The van der Waals surface area contributed by atoms with Gasteiger partial charge in [-0.3, -0.25) is 4.52 Å². The van der Waals surface area contributed by atoms with Crippen molar-refractivity contribution in [2.24, 2.45) is 0 Å². The summed E-state index contributed by atoms with van der Waals surface area (Å²) in [5.41, 5.74) is 0. The molecule has 0 saturated carbocycles. The lowest BCUT2D eigenvalue weighted by Crippen LogP contribution is -2.22. The average Bonchev–Trinajstić information content (AvgIpc) is 2.63. The van der Waals surface area contributed by atoms with Crippen molar-refractivity contribution in [3.05, 3.63) is 60.7 Å². The summed E-state index contributed by atoms with van der Waals surface area (Å²) in [6, 6.07) is 19.9. The van der Waals surface area contributed by atoms with Gasteiger partial charge < -0.3 is 0 Å². The molecule has 0 saturated heterocycles. The Labute approximate surface area is 146 Å². The van der Waals surface area contributed by atoms with Crippen molar-refractivity contribution in [2.75, 3.05) is 13.2 Å². The van der Waals surface area contributed by atoms with Gasteiger partial charge in [0.1, 0.15) is 0 Å². The molecule has 0 aliphatic rings. The van der Waals surface area contributed by atoms with E-state index in [1.54, 1.807) is 0 Å². The minimum atomic E-state index is -2.63. The first-order valence-corrected chi connectivity index (χ1v) is 10.3. The molecule has 0 spiro atoms. The molecule has 3 nitrogen and oxygen atoms in total. The number of para-hydroxylation sites is 1. The van der Waals surface area contributed by atoms with Crippen molar-refractivity contribution in [3.63, 3.8) is 0 Å². The van der Waals surface area contributed by atoms with Gasteiger partial charge in [-0.25, -0.2) is 0 Å². The number of hydrogen-bond donors (Lipinski definition) is 0. The van der Waals surface area contributed by atoms with Crippen LogP contribution in [0.15, 0.2) is 60.7 Å². The summed E-state index contributed by atoms with van der Waals surface area (Å²) >= 11 is 0. The van der Waals surface area contributed by atoms with Crippen LogP contribution in [0.1, 0.15) is 39.5 Å². The van der Waals surface area contributed by atoms with E-state index >= 15 is 0 Å². The van der Waals surface area contributed by atoms with Gasteiger partial charge in [-0.2, -0.15) is 9.05 Å². The molecule has 0 aliphatic heterocycles. The largest absolute Gasteiger partial charge is 0.492 e. The fourth-order valence-electron chi connectivity index (χ4n) is 2.18. The van der Waals surface area contributed by atoms with Crippen LogP contribution in [0, 0.1) is 0 Å². The van der Waals surface area contributed by atoms with Gasteiger partial charge in [-0.1, -0.05) is 63.1 Å². The van der Waals surface area contributed by atoms with E-state index in [1.807, 2.05) is 60.7 Å². The third kappa shape index (κ3) is 5.59. The highest BCUT2D eigenvalue weighted by molar-refractivity contribution is 7.69. The molecule has 130 valence electrons. The van der Waals surface area contributed by atoms with E-state index in [1.165, 1.54) is 0 Å². The Hall–Kier alpha value is -1.41. The zero-order valence-electron chi connectivity index (χ0n) is 14.7. The van der Waals surface area contributed by atoms with E-state index in [-0.39, 0.29) is 0 Å². The predicted octanol–water partition coefficient (Wildman–Crippen LogP) is 5.79. The van der Waals surface area contributed by atoms with Crippen molar-refractivity contribution in [1.82, 2.24) is 0 Å². The molecule has 0 bridgehead atoms. The molecule has 0 aliphatic carbocycles. The highest BCUT2D eigenvalue weighted by Crippen LogP contribution is 2.60. The minimum absolute atomic E-state index is 0.637. The van der Waals surface area contributed by atoms with Gasteiger partial charge in [0.05, 0.1) is 13.2 Å². The average molecular weight is 347 g/mol. The van der Waals surface area contributed by atoms with Crippen LogP contribution < -0.4 is 9.83 Å². The van der Waals surface area contributed by atoms with E-state index < -0.39 is 7.94 Å². The van der Waals surface area contributed by atoms with Crippen LogP contribution in [0.2, 0.25) is 0 Å². The van der Waals surface area contributed by atoms with Crippen LogP contribution in [0.5, 0.6) is 5.75 Å². The van der Waals surface area contributed by atoms with Gasteiger partial charge in [0.15, 0.2) is 11.1 Å². The Morgan fingerprint density at radius 3 is 1.71 bits per heavy atom. The van der Waals surface area contributed by atoms with Crippen molar-refractivity contribution in [3.8, 4) is 5.75 Å². The van der Waals surface area contributed by atoms with Crippen LogP contribution in [0.25, 0.3) is 0 Å². The first-order chi connectivity index (χ1) is 11.8. The molecule has 0 aromatic heterocycles. The Bertz CT molecular complexity index is 550. The van der Waals surface area contributed by atoms with Crippen molar-refractivity contribution >= 4 is 13.2 Å². The lowest BCUT2D eigenvalue weighted by Gasteiger charge is -2.22. The number of unbranched alkanes of at least 4 members (excludes halogenated alkanes) is 2. The summed E-state index contributed by atoms with van der Waals surface area (Å²) in [5, 5.41) is 0.987. The number of rotatable bonds is 11. The second kappa shape index (κ2) is 10.5. The van der Waals surface area contributed by atoms with Gasteiger partial charge in [0.2, 0.25) is 0 Å². The maximum atomic E-state index is 6.35. The summed E-state index contributed by atoms with van der Waals surface area (Å²) < 4.78 is 18.9. The topological polar surface area (TPSA) is 27.7 Å². The molecule has 0 atom stereocenters. The summed E-state index contributed by atoms with van der Waals surface area (Å²) in [6.45, 7) is 5.58. The van der Waals surface area contributed by atoms with Crippen molar-refractivity contribution < 1.29 is 13.6 Å². The van der Waals surface area contributed by atoms with Crippen LogP contribution >= 0.6 is 7.94 Å². The molecule has 0 N–H and O–H groups in total. The zero-order chi connectivity index (χ0) is 17.1. The molecular weight excluding hydrogens is 319 g/mol. The molecule has 24 heavy (non-hydrogen) atoms. The molecule has 0 fully saturated rings. The van der Waals surface area contributed by atoms with Crippen LogP contribution in [-0.4, -0.2) is 13.2 Å². The monoisotopic (exact) mass is 347 g/mol. The predicted molar refractivity (Wildman–Crippen MR) is 102 cm³/mol. The first kappa shape index (κ1) is 18.9. The van der Waals surface area contributed by atoms with Crippen LogP contribution in [0.3, 0.4) is 0 Å².